The van der Waals surface area contributed by atoms with Gasteiger partial charge in [0.25, 0.3) is 0 Å². The molecular formula is C83H112BBr2F3N18O10Si. The Labute approximate surface area is 708 Å². The summed E-state index contributed by atoms with van der Waals surface area (Å²) in [4.78, 5) is 68.1. The van der Waals surface area contributed by atoms with E-state index in [2.05, 4.69) is 139 Å². The molecule has 13 rings (SSSR count). The van der Waals surface area contributed by atoms with Crippen LogP contribution in [0, 0.1) is 38.2 Å². The standard InChI is InChI=1S/C23H33BrFN5O2Si.C23H25FN6O3.C17H19BrFN5O2.C16H19BN2O3.4CH4/c1-14-20-19(29-22(26)27-14)13-18(16-9-8-15(25)12-17(16)24)28-21(20)30-31-10-7-11-32-33(5,6)23(2,3)4;1-13-21-19(29-23(25)26-13)12-18(28-22(21)30-33-10-4-9-31)15-8-7-14(24)11-16(15)17-5-3-6-20(27-17)32-2;1-9-15-14(23-17(20)21-9)8-13(11-4-3-10(19)7-12(11)18)22-16(15)24-26-6-2-5-25;1-20-16-9-5-8-15(18-16)17-21-12-10-19(11-13-22-17)14-6-3-2-4-7-14;;;;/h8-9,12,18H,7,10-11,13H2,1-6H3,(H,28,30)(H2,26,27,29);3,5-8,11,18,31H,4,9-10,12H2,1-2H3,(H,28,30)(H2,25,26,29);3-4,7,13,25H,2,5-6,8H2,1H3,(H,22,24)(H2,20,21,23);2-9H,10-13H2,1H3;4*1H4/t2*18-;13-;;;;;/m111...../s1. The maximum atomic E-state index is 14.3. The molecule has 0 aliphatic carbocycles. The number of nitrogens with two attached hydrogens (primary N) is 3. The zero-order chi connectivity index (χ0) is 81.6. The number of ether oxygens (including phenoxy) is 2. The molecule has 1 saturated heterocycles. The summed E-state index contributed by atoms with van der Waals surface area (Å²) in [6.45, 7) is 21.3. The smallest absolute Gasteiger partial charge is 0.481 e. The number of pyridine rings is 2. The third-order valence-corrected chi connectivity index (χ3v) is 25.0. The van der Waals surface area contributed by atoms with Gasteiger partial charge in [-0.05, 0) is 136 Å². The SMILES string of the molecule is C.C.C.C.COc1cccc(-c2cc(F)ccc2[C@H]2Cc3nc(N)nc(C)c3C(NOCCCO)=N2)n1.COc1cccc(B2OCCN(c3ccccc3)CCO2)n1.Cc1nc(N)nc2c1C(NOCCCO)=N[C@@H](c1ccc(F)cc1Br)C2.Cc1nc(N)nc2c1C(NOCCCO[Si](C)(C)C(C)(C)C)=N[C@@H](c1ccc(F)cc1Br)C2. The van der Waals surface area contributed by atoms with Gasteiger partial charge >= 0.3 is 7.12 Å². The van der Waals surface area contributed by atoms with Crippen molar-refractivity contribution in [3.8, 4) is 23.0 Å². The topological polar surface area (TPSA) is 372 Å². The molecular weight excluding hydrogens is 1660 g/mol. The Morgan fingerprint density at radius 2 is 0.924 bits per heavy atom. The third-order valence-electron chi connectivity index (χ3n) is 19.1. The number of aliphatic hydroxyl groups is 2. The van der Waals surface area contributed by atoms with E-state index in [0.29, 0.717) is 144 Å². The Bertz CT molecular complexity index is 4850. The fourth-order valence-electron chi connectivity index (χ4n) is 12.5. The van der Waals surface area contributed by atoms with Gasteiger partial charge in [0, 0.05) is 97.7 Å². The number of anilines is 4. The Balaban J connectivity index is 0.000000244. The number of nitrogens with one attached hydrogen (secondary N) is 3. The first-order chi connectivity index (χ1) is 54.7. The molecule has 0 amide bonds. The van der Waals surface area contributed by atoms with Gasteiger partial charge in [0.1, 0.15) is 17.5 Å². The average Bonchev–Trinajstić information content (AvgIpc) is 0.772. The molecule has 5 aromatic heterocycles. The molecule has 28 nitrogen and oxygen atoms in total. The minimum Gasteiger partial charge on any atom is -0.481 e. The molecule has 9 aromatic rings. The van der Waals surface area contributed by atoms with Gasteiger partial charge in [0.15, 0.2) is 25.8 Å². The highest BCUT2D eigenvalue weighted by molar-refractivity contribution is 9.10. The van der Waals surface area contributed by atoms with Crippen molar-refractivity contribution in [1.82, 2.24) is 56.3 Å². The molecule has 1 fully saturated rings. The van der Waals surface area contributed by atoms with Crippen molar-refractivity contribution < 1.29 is 61.1 Å². The number of aryl methyl sites for hydroxylation is 3. The van der Waals surface area contributed by atoms with E-state index in [0.717, 1.165) is 70.0 Å². The molecule has 11 N–H and O–H groups in total. The first-order valence-corrected chi connectivity index (χ1v) is 41.6. The van der Waals surface area contributed by atoms with Gasteiger partial charge in [0.2, 0.25) is 29.6 Å². The number of para-hydroxylation sites is 1. The summed E-state index contributed by atoms with van der Waals surface area (Å²) in [5, 5.41) is 18.1. The number of aliphatic imine (C=N–C) groups is 3. The third kappa shape index (κ3) is 26.2. The van der Waals surface area contributed by atoms with Crippen LogP contribution in [0.2, 0.25) is 18.1 Å². The molecule has 3 atom stereocenters. The molecule has 0 spiro atoms. The highest BCUT2D eigenvalue weighted by Gasteiger charge is 2.38. The number of hydrogen-bond donors (Lipinski definition) is 8. The van der Waals surface area contributed by atoms with E-state index in [1.807, 2.05) is 57.2 Å². The number of methoxy groups -OCH3 is 2. The van der Waals surface area contributed by atoms with Crippen LogP contribution in [0.1, 0.15) is 155 Å². The van der Waals surface area contributed by atoms with Crippen LogP contribution in [0.4, 0.5) is 36.7 Å². The number of hydroxylamine groups is 3. The van der Waals surface area contributed by atoms with Crippen LogP contribution in [0.3, 0.4) is 0 Å². The van der Waals surface area contributed by atoms with Crippen LogP contribution in [0.15, 0.2) is 145 Å². The maximum absolute atomic E-state index is 14.3. The number of aromatic nitrogens is 8. The van der Waals surface area contributed by atoms with Gasteiger partial charge in [0.05, 0.1) is 114 Å². The van der Waals surface area contributed by atoms with Crippen LogP contribution >= 0.6 is 31.9 Å². The monoisotopic (exact) mass is 1770 g/mol. The van der Waals surface area contributed by atoms with E-state index in [1.165, 1.54) is 49.2 Å². The van der Waals surface area contributed by atoms with Gasteiger partial charge in [-0.2, -0.15) is 0 Å². The number of aliphatic hydroxyl groups excluding tert-OH is 2. The molecule has 4 aliphatic rings. The van der Waals surface area contributed by atoms with Crippen molar-refractivity contribution in [3.05, 3.63) is 215 Å². The van der Waals surface area contributed by atoms with Crippen molar-refractivity contribution in [2.24, 2.45) is 15.0 Å². The predicted molar refractivity (Wildman–Crippen MR) is 469 cm³/mol. The van der Waals surface area contributed by atoms with Crippen molar-refractivity contribution in [3.63, 3.8) is 0 Å². The van der Waals surface area contributed by atoms with Gasteiger partial charge in [-0.3, -0.25) is 29.5 Å². The Hall–Kier alpha value is -9.66. The van der Waals surface area contributed by atoms with E-state index in [4.69, 9.17) is 80.1 Å². The number of nitrogen functional groups attached to an aromatic ring is 3. The predicted octanol–water partition coefficient (Wildman–Crippen LogP) is 13.9. The molecule has 0 unspecified atom stereocenters. The normalized spacial score (nSPS) is 15.3. The minimum absolute atomic E-state index is 0. The fourth-order valence-corrected chi connectivity index (χ4v) is 14.8. The number of benzene rings is 4. The summed E-state index contributed by atoms with van der Waals surface area (Å²) in [6.07, 6.45) is 3.19. The number of hydrogen-bond acceptors (Lipinski definition) is 28. The Kier molecular flexibility index (Phi) is 37.9. The number of halogens is 5. The molecule has 636 valence electrons. The maximum Gasteiger partial charge on any atom is 0.513 e. The zero-order valence-corrected chi connectivity index (χ0v) is 69.5. The molecule has 0 bridgehead atoms. The molecule has 118 heavy (non-hydrogen) atoms. The van der Waals surface area contributed by atoms with Crippen molar-refractivity contribution in [2.75, 3.05) is 102 Å². The lowest BCUT2D eigenvalue weighted by Crippen LogP contribution is -2.45. The lowest BCUT2D eigenvalue weighted by molar-refractivity contribution is 0.0720. The van der Waals surface area contributed by atoms with E-state index in [-0.39, 0.29) is 95.3 Å². The summed E-state index contributed by atoms with van der Waals surface area (Å²) < 4.78 is 70.8. The summed E-state index contributed by atoms with van der Waals surface area (Å²) in [6, 6.07) is 33.9. The van der Waals surface area contributed by atoms with Crippen LogP contribution in [-0.4, -0.2) is 163 Å². The largest absolute Gasteiger partial charge is 0.513 e. The van der Waals surface area contributed by atoms with Crippen LogP contribution in [0.25, 0.3) is 11.3 Å². The second-order valence-electron chi connectivity index (χ2n) is 28.2. The number of rotatable bonds is 22. The van der Waals surface area contributed by atoms with E-state index in [1.54, 1.807) is 43.5 Å². The average molecular weight is 1780 g/mol. The number of amidine groups is 3. The zero-order valence-electron chi connectivity index (χ0n) is 65.3. The molecule has 4 aliphatic heterocycles. The first kappa shape index (κ1) is 97.2. The van der Waals surface area contributed by atoms with Gasteiger partial charge in [-0.15, -0.1) is 0 Å². The first-order valence-electron chi connectivity index (χ1n) is 37.1. The van der Waals surface area contributed by atoms with E-state index >= 15 is 0 Å². The van der Waals surface area contributed by atoms with Crippen molar-refractivity contribution in [1.29, 1.82) is 0 Å². The van der Waals surface area contributed by atoms with Crippen LogP contribution in [-0.2, 0) is 47.5 Å². The molecule has 35 heteroatoms. The van der Waals surface area contributed by atoms with Crippen molar-refractivity contribution in [2.45, 2.75) is 146 Å². The van der Waals surface area contributed by atoms with Crippen LogP contribution < -0.4 is 53.6 Å². The molecule has 0 radical (unpaired) electrons. The van der Waals surface area contributed by atoms with Gasteiger partial charge in [-0.1, -0.05) is 131 Å². The minimum atomic E-state index is -1.77. The summed E-state index contributed by atoms with van der Waals surface area (Å²) in [7, 11) is 0.921. The highest BCUT2D eigenvalue weighted by atomic mass is 79.9. The van der Waals surface area contributed by atoms with Gasteiger partial charge < -0.3 is 55.5 Å². The Morgan fingerprint density at radius 1 is 0.517 bits per heavy atom. The second-order valence-corrected chi connectivity index (χ2v) is 34.7. The summed E-state index contributed by atoms with van der Waals surface area (Å²) in [5.74, 6) is 2.04. The van der Waals surface area contributed by atoms with Gasteiger partial charge in [-0.25, -0.2) is 69.5 Å². The lowest BCUT2D eigenvalue weighted by Gasteiger charge is -2.36. The highest BCUT2D eigenvalue weighted by Crippen LogP contribution is 2.40. The lowest BCUT2D eigenvalue weighted by atomic mass is 9.83. The summed E-state index contributed by atoms with van der Waals surface area (Å²) >= 11 is 6.85. The fraction of sp³-hybridized carbons (Fsp3) is 0.410. The second kappa shape index (κ2) is 46.1. The quantitative estimate of drug-likeness (QED) is 0.0177. The Morgan fingerprint density at radius 3 is 1.35 bits per heavy atom. The molecule has 4 aromatic carbocycles. The summed E-state index contributed by atoms with van der Waals surface area (Å²) in [5.41, 5.74) is 38.5. The number of nitrogens with zero attached hydrogens (tertiary/aromatic N) is 12. The molecule has 9 heterocycles. The molecule has 0 saturated carbocycles. The number of fused-ring (bicyclic) bond motifs is 3. The van der Waals surface area contributed by atoms with E-state index in [9.17, 15) is 13.2 Å². The van der Waals surface area contributed by atoms with Crippen molar-refractivity contribution >= 4 is 93.9 Å². The van der Waals surface area contributed by atoms with Crippen LogP contribution in [0.5, 0.6) is 11.8 Å². The van der Waals surface area contributed by atoms with E-state index < -0.39 is 21.5 Å².